The Hall–Kier alpha value is -4.13. The van der Waals surface area contributed by atoms with Crippen molar-refractivity contribution in [1.29, 1.82) is 0 Å². The summed E-state index contributed by atoms with van der Waals surface area (Å²) in [7, 11) is 0. The van der Waals surface area contributed by atoms with Gasteiger partial charge >= 0.3 is 0 Å². The van der Waals surface area contributed by atoms with E-state index < -0.39 is 5.66 Å². The normalized spacial score (nSPS) is 21.0. The van der Waals surface area contributed by atoms with Crippen molar-refractivity contribution < 1.29 is 14.4 Å². The molecule has 6 rings (SSSR count). The van der Waals surface area contributed by atoms with Crippen LogP contribution in [0.25, 0.3) is 0 Å². The van der Waals surface area contributed by atoms with E-state index in [0.29, 0.717) is 16.9 Å². The third kappa shape index (κ3) is 3.95. The summed E-state index contributed by atoms with van der Waals surface area (Å²) in [5.74, 6) is -0.780. The molecule has 0 saturated carbocycles. The van der Waals surface area contributed by atoms with Gasteiger partial charge in [-0.2, -0.15) is 0 Å². The van der Waals surface area contributed by atoms with Gasteiger partial charge in [0, 0.05) is 43.9 Å². The third-order valence-corrected chi connectivity index (χ3v) is 7.77. The molecule has 0 spiro atoms. The van der Waals surface area contributed by atoms with E-state index in [1.54, 1.807) is 34.1 Å². The first-order chi connectivity index (χ1) is 18.1. The number of nitrogens with one attached hydrogen (secondary N) is 1. The van der Waals surface area contributed by atoms with Crippen molar-refractivity contribution in [3.05, 3.63) is 90.0 Å². The first-order valence-electron chi connectivity index (χ1n) is 13.0. The molecule has 0 aromatic heterocycles. The Morgan fingerprint density at radius 1 is 0.838 bits per heavy atom. The predicted octanol–water partition coefficient (Wildman–Crippen LogP) is 4.79. The topological polar surface area (TPSA) is 73.0 Å². The van der Waals surface area contributed by atoms with Gasteiger partial charge in [-0.3, -0.25) is 19.3 Å². The maximum Gasteiger partial charge on any atom is 0.271 e. The van der Waals surface area contributed by atoms with Crippen molar-refractivity contribution in [3.8, 4) is 0 Å². The van der Waals surface area contributed by atoms with Crippen LogP contribution in [0.3, 0.4) is 0 Å². The Morgan fingerprint density at radius 2 is 1.54 bits per heavy atom. The molecule has 2 fully saturated rings. The number of carbonyl (C=O) groups is 3. The van der Waals surface area contributed by atoms with E-state index >= 15 is 0 Å². The largest absolute Gasteiger partial charge is 0.372 e. The molecule has 3 amide bonds. The minimum atomic E-state index is -1.44. The van der Waals surface area contributed by atoms with Crippen LogP contribution in [-0.4, -0.2) is 41.4 Å². The van der Waals surface area contributed by atoms with Gasteiger partial charge in [0.1, 0.15) is 0 Å². The summed E-state index contributed by atoms with van der Waals surface area (Å²) < 4.78 is 0. The number of rotatable bonds is 5. The zero-order valence-corrected chi connectivity index (χ0v) is 20.7. The lowest BCUT2D eigenvalue weighted by molar-refractivity contribution is -0.129. The lowest BCUT2D eigenvalue weighted by Gasteiger charge is -2.49. The van der Waals surface area contributed by atoms with E-state index in [2.05, 4.69) is 10.2 Å². The molecule has 3 aromatic rings. The number of piperidine rings is 1. The van der Waals surface area contributed by atoms with Crippen LogP contribution in [-0.2, 0) is 16.1 Å². The molecule has 7 nitrogen and oxygen atoms in total. The van der Waals surface area contributed by atoms with Crippen LogP contribution >= 0.6 is 0 Å². The van der Waals surface area contributed by atoms with Gasteiger partial charge in [-0.1, -0.05) is 42.5 Å². The third-order valence-electron chi connectivity index (χ3n) is 7.77. The molecule has 0 aliphatic carbocycles. The standard InChI is InChI=1S/C30H30N4O3/c35-27-17-18-30(29(37)31-23-13-15-24(16-14-23)32-19-7-2-8-20-32)33(21-22-9-3-1-4-10-22)28(36)25-11-5-6-12-26(25)34(27)30/h1,3-6,9-16H,2,7-8,17-21H2,(H,31,37). The molecule has 1 N–H and O–H groups in total. The highest BCUT2D eigenvalue weighted by atomic mass is 16.2. The maximum atomic E-state index is 14.1. The molecular formula is C30H30N4O3. The van der Waals surface area contributed by atoms with Crippen molar-refractivity contribution in [1.82, 2.24) is 4.90 Å². The van der Waals surface area contributed by atoms with Gasteiger partial charge in [0.15, 0.2) is 0 Å². The second-order valence-electron chi connectivity index (χ2n) is 9.99. The average molecular weight is 495 g/mol. The van der Waals surface area contributed by atoms with Gasteiger partial charge in [0.25, 0.3) is 11.8 Å². The van der Waals surface area contributed by atoms with Gasteiger partial charge in [0.2, 0.25) is 11.6 Å². The fourth-order valence-corrected chi connectivity index (χ4v) is 5.91. The van der Waals surface area contributed by atoms with Crippen LogP contribution in [0, 0.1) is 0 Å². The summed E-state index contributed by atoms with van der Waals surface area (Å²) in [6.45, 7) is 2.31. The molecule has 3 aliphatic heterocycles. The Kier molecular flexibility index (Phi) is 5.91. The van der Waals surface area contributed by atoms with Crippen LogP contribution < -0.4 is 15.1 Å². The first kappa shape index (κ1) is 23.3. The second-order valence-corrected chi connectivity index (χ2v) is 9.99. The first-order valence-corrected chi connectivity index (χ1v) is 13.0. The molecule has 37 heavy (non-hydrogen) atoms. The monoisotopic (exact) mass is 494 g/mol. The number of fused-ring (bicyclic) bond motifs is 3. The smallest absolute Gasteiger partial charge is 0.271 e. The second kappa shape index (κ2) is 9.39. The van der Waals surface area contributed by atoms with E-state index in [4.69, 9.17) is 0 Å². The number of para-hydroxylation sites is 1. The van der Waals surface area contributed by atoms with Crippen molar-refractivity contribution >= 4 is 34.8 Å². The van der Waals surface area contributed by atoms with E-state index in [1.165, 1.54) is 19.3 Å². The number of nitrogens with zero attached hydrogens (tertiary/aromatic N) is 3. The Bertz CT molecular complexity index is 1330. The fraction of sp³-hybridized carbons (Fsp3) is 0.300. The number of anilines is 3. The number of carbonyl (C=O) groups excluding carboxylic acids is 3. The molecule has 0 radical (unpaired) electrons. The lowest BCUT2D eigenvalue weighted by Crippen LogP contribution is -2.69. The highest BCUT2D eigenvalue weighted by Crippen LogP contribution is 2.45. The maximum absolute atomic E-state index is 14.1. The molecule has 0 bridgehead atoms. The van der Waals surface area contributed by atoms with E-state index in [0.717, 1.165) is 24.3 Å². The van der Waals surface area contributed by atoms with Crippen molar-refractivity contribution in [2.45, 2.75) is 44.3 Å². The molecule has 3 aliphatic rings. The summed E-state index contributed by atoms with van der Waals surface area (Å²) in [6, 6.07) is 24.5. The van der Waals surface area contributed by atoms with Gasteiger partial charge in [0.05, 0.1) is 11.3 Å². The summed E-state index contributed by atoms with van der Waals surface area (Å²) in [5, 5.41) is 3.05. The Balaban J connectivity index is 1.36. The van der Waals surface area contributed by atoms with Crippen molar-refractivity contribution in [2.75, 3.05) is 28.2 Å². The Labute approximate surface area is 216 Å². The van der Waals surface area contributed by atoms with Crippen molar-refractivity contribution in [3.63, 3.8) is 0 Å². The molecular weight excluding hydrogens is 464 g/mol. The lowest BCUT2D eigenvalue weighted by atomic mass is 9.94. The molecule has 7 heteroatoms. The molecule has 3 heterocycles. The van der Waals surface area contributed by atoms with Crippen LogP contribution in [0.5, 0.6) is 0 Å². The quantitative estimate of drug-likeness (QED) is 0.553. The molecule has 2 saturated heterocycles. The minimum absolute atomic E-state index is 0.159. The van der Waals surface area contributed by atoms with Crippen LogP contribution in [0.1, 0.15) is 48.0 Å². The fourth-order valence-electron chi connectivity index (χ4n) is 5.91. The van der Waals surface area contributed by atoms with E-state index in [-0.39, 0.29) is 37.1 Å². The molecule has 3 aromatic carbocycles. The van der Waals surface area contributed by atoms with Gasteiger partial charge < -0.3 is 15.1 Å². The highest BCUT2D eigenvalue weighted by Gasteiger charge is 2.60. The van der Waals surface area contributed by atoms with Gasteiger partial charge in [-0.25, -0.2) is 0 Å². The van der Waals surface area contributed by atoms with Crippen LogP contribution in [0.15, 0.2) is 78.9 Å². The minimum Gasteiger partial charge on any atom is -0.372 e. The zero-order valence-electron chi connectivity index (χ0n) is 20.7. The van der Waals surface area contributed by atoms with E-state index in [9.17, 15) is 14.4 Å². The molecule has 1 atom stereocenters. The van der Waals surface area contributed by atoms with Gasteiger partial charge in [-0.15, -0.1) is 0 Å². The summed E-state index contributed by atoms with van der Waals surface area (Å²) in [6.07, 6.45) is 4.07. The summed E-state index contributed by atoms with van der Waals surface area (Å²) in [5.41, 5.74) is 2.17. The van der Waals surface area contributed by atoms with Crippen LogP contribution in [0.2, 0.25) is 0 Å². The van der Waals surface area contributed by atoms with E-state index in [1.807, 2.05) is 54.6 Å². The molecule has 188 valence electrons. The SMILES string of the molecule is O=C1c2ccccc2N2C(=O)CCC2(C(=O)Nc2ccc(N3CCCCC3)cc2)N1Cc1ccccc1. The predicted molar refractivity (Wildman–Crippen MR) is 143 cm³/mol. The average Bonchev–Trinajstić information content (AvgIpc) is 3.30. The van der Waals surface area contributed by atoms with Crippen molar-refractivity contribution in [2.24, 2.45) is 0 Å². The molecule has 1 unspecified atom stereocenters. The highest BCUT2D eigenvalue weighted by molar-refractivity contribution is 6.18. The number of amides is 3. The van der Waals surface area contributed by atoms with Gasteiger partial charge in [-0.05, 0) is 61.2 Å². The zero-order chi connectivity index (χ0) is 25.4. The summed E-state index contributed by atoms with van der Waals surface area (Å²) in [4.78, 5) is 46.8. The Morgan fingerprint density at radius 3 is 2.30 bits per heavy atom. The van der Waals surface area contributed by atoms with Crippen LogP contribution in [0.4, 0.5) is 17.1 Å². The number of benzene rings is 3. The number of hydrogen-bond acceptors (Lipinski definition) is 4. The number of hydrogen-bond donors (Lipinski definition) is 1. The summed E-state index contributed by atoms with van der Waals surface area (Å²) >= 11 is 0.